The minimum Gasteiger partial charge on any atom is -0.384 e. The van der Waals surface area contributed by atoms with Crippen LogP contribution in [0.1, 0.15) is 31.5 Å². The molecule has 0 aromatic carbocycles. The van der Waals surface area contributed by atoms with Crippen molar-refractivity contribution in [2.75, 3.05) is 11.1 Å². The van der Waals surface area contributed by atoms with Crippen LogP contribution >= 0.6 is 0 Å². The Morgan fingerprint density at radius 2 is 1.88 bits per heavy atom. The van der Waals surface area contributed by atoms with E-state index in [1.54, 1.807) is 0 Å². The van der Waals surface area contributed by atoms with Gasteiger partial charge in [0, 0.05) is 12.1 Å². The fourth-order valence-corrected chi connectivity index (χ4v) is 1.95. The maximum absolute atomic E-state index is 12.5. The molecule has 94 valence electrons. The first-order valence-electron chi connectivity index (χ1n) is 5.43. The quantitative estimate of drug-likeness (QED) is 0.841. The van der Waals surface area contributed by atoms with Gasteiger partial charge in [-0.1, -0.05) is 12.8 Å². The molecule has 0 spiro atoms. The van der Waals surface area contributed by atoms with Crippen molar-refractivity contribution in [3.63, 3.8) is 0 Å². The van der Waals surface area contributed by atoms with Crippen molar-refractivity contribution in [3.8, 4) is 0 Å². The number of nitrogens with two attached hydrogens (primary N) is 1. The predicted octanol–water partition coefficient (Wildman–Crippen LogP) is 2.43. The average molecular weight is 246 g/mol. The smallest absolute Gasteiger partial charge is 0.384 e. The van der Waals surface area contributed by atoms with Gasteiger partial charge in [0.05, 0.1) is 0 Å². The molecule has 1 aliphatic carbocycles. The van der Waals surface area contributed by atoms with Crippen molar-refractivity contribution in [3.05, 3.63) is 11.9 Å². The third-order valence-corrected chi connectivity index (χ3v) is 2.71. The number of hydrogen-bond donors (Lipinski definition) is 2. The van der Waals surface area contributed by atoms with E-state index in [9.17, 15) is 13.2 Å². The maximum Gasteiger partial charge on any atom is 0.451 e. The molecule has 1 aromatic heterocycles. The van der Waals surface area contributed by atoms with Crippen LogP contribution in [-0.2, 0) is 6.18 Å². The van der Waals surface area contributed by atoms with Crippen molar-refractivity contribution in [2.45, 2.75) is 37.9 Å². The summed E-state index contributed by atoms with van der Waals surface area (Å²) in [7, 11) is 0. The summed E-state index contributed by atoms with van der Waals surface area (Å²) in [6.45, 7) is 0. The third-order valence-electron chi connectivity index (χ3n) is 2.71. The van der Waals surface area contributed by atoms with E-state index in [-0.39, 0.29) is 17.7 Å². The normalized spacial score (nSPS) is 17.4. The molecule has 17 heavy (non-hydrogen) atoms. The molecule has 1 heterocycles. The molecular formula is C10H13F3N4. The summed E-state index contributed by atoms with van der Waals surface area (Å²) >= 11 is 0. The van der Waals surface area contributed by atoms with Crippen molar-refractivity contribution in [2.24, 2.45) is 0 Å². The van der Waals surface area contributed by atoms with E-state index in [1.165, 1.54) is 6.07 Å². The van der Waals surface area contributed by atoms with Gasteiger partial charge in [0.2, 0.25) is 5.82 Å². The molecule has 1 aromatic rings. The minimum atomic E-state index is -4.57. The monoisotopic (exact) mass is 246 g/mol. The summed E-state index contributed by atoms with van der Waals surface area (Å²) < 4.78 is 37.4. The Kier molecular flexibility index (Phi) is 3.08. The topological polar surface area (TPSA) is 63.8 Å². The molecule has 7 heteroatoms. The summed E-state index contributed by atoms with van der Waals surface area (Å²) in [4.78, 5) is 6.62. The Balaban J connectivity index is 2.19. The number of nitrogen functional groups attached to an aromatic ring is 1. The number of hydrogen-bond acceptors (Lipinski definition) is 4. The fourth-order valence-electron chi connectivity index (χ4n) is 1.95. The molecule has 4 nitrogen and oxygen atoms in total. The second-order valence-electron chi connectivity index (χ2n) is 4.13. The molecule has 1 saturated carbocycles. The lowest BCUT2D eigenvalue weighted by atomic mass is 10.2. The number of alkyl halides is 3. The first-order chi connectivity index (χ1) is 7.95. The number of anilines is 2. The Bertz CT molecular complexity index is 399. The van der Waals surface area contributed by atoms with Crippen LogP contribution in [0.25, 0.3) is 0 Å². The van der Waals surface area contributed by atoms with E-state index >= 15 is 0 Å². The van der Waals surface area contributed by atoms with E-state index in [2.05, 4.69) is 15.3 Å². The molecule has 1 fully saturated rings. The summed E-state index contributed by atoms with van der Waals surface area (Å²) in [5.74, 6) is -1.22. The Hall–Kier alpha value is -1.53. The van der Waals surface area contributed by atoms with Crippen LogP contribution < -0.4 is 11.1 Å². The molecule has 2 rings (SSSR count). The minimum absolute atomic E-state index is 0.150. The first kappa shape index (κ1) is 11.9. The van der Waals surface area contributed by atoms with Gasteiger partial charge >= 0.3 is 6.18 Å². The van der Waals surface area contributed by atoms with Crippen LogP contribution in [0.5, 0.6) is 0 Å². The van der Waals surface area contributed by atoms with E-state index in [0.717, 1.165) is 25.7 Å². The van der Waals surface area contributed by atoms with Crippen LogP contribution in [0.2, 0.25) is 0 Å². The number of halogens is 3. The van der Waals surface area contributed by atoms with E-state index < -0.39 is 12.0 Å². The lowest BCUT2D eigenvalue weighted by Gasteiger charge is -2.14. The number of nitrogens with one attached hydrogen (secondary N) is 1. The summed E-state index contributed by atoms with van der Waals surface area (Å²) in [5.41, 5.74) is 5.34. The Morgan fingerprint density at radius 1 is 1.24 bits per heavy atom. The van der Waals surface area contributed by atoms with Crippen molar-refractivity contribution in [1.82, 2.24) is 9.97 Å². The zero-order valence-electron chi connectivity index (χ0n) is 9.09. The van der Waals surface area contributed by atoms with Crippen LogP contribution in [0.15, 0.2) is 6.07 Å². The summed E-state index contributed by atoms with van der Waals surface area (Å²) in [6, 6.07) is 1.51. The van der Waals surface area contributed by atoms with E-state index in [0.29, 0.717) is 0 Å². The third kappa shape index (κ3) is 2.98. The van der Waals surface area contributed by atoms with Gasteiger partial charge in [-0.2, -0.15) is 13.2 Å². The highest BCUT2D eigenvalue weighted by Gasteiger charge is 2.35. The highest BCUT2D eigenvalue weighted by Crippen LogP contribution is 2.28. The highest BCUT2D eigenvalue weighted by molar-refractivity contribution is 5.45. The van der Waals surface area contributed by atoms with Crippen LogP contribution in [0.3, 0.4) is 0 Å². The molecule has 3 N–H and O–H groups in total. The Labute approximate surface area is 96.4 Å². The SMILES string of the molecule is Nc1cc(NC2CCCC2)nc(C(F)(F)F)n1. The van der Waals surface area contributed by atoms with Gasteiger partial charge in [0.1, 0.15) is 11.6 Å². The van der Waals surface area contributed by atoms with Gasteiger partial charge in [0.25, 0.3) is 0 Å². The van der Waals surface area contributed by atoms with Gasteiger partial charge in [-0.05, 0) is 12.8 Å². The molecule has 0 atom stereocenters. The standard InChI is InChI=1S/C10H13F3N4/c11-10(12,13)9-16-7(14)5-8(17-9)15-6-3-1-2-4-6/h5-6H,1-4H2,(H3,14,15,16,17). The fraction of sp³-hybridized carbons (Fsp3) is 0.600. The molecule has 0 unspecified atom stereocenters. The molecule has 0 aliphatic heterocycles. The van der Waals surface area contributed by atoms with E-state index in [1.807, 2.05) is 0 Å². The molecule has 1 aliphatic rings. The van der Waals surface area contributed by atoms with E-state index in [4.69, 9.17) is 5.73 Å². The lowest BCUT2D eigenvalue weighted by molar-refractivity contribution is -0.144. The van der Waals surface area contributed by atoms with Gasteiger partial charge in [-0.25, -0.2) is 9.97 Å². The van der Waals surface area contributed by atoms with Crippen LogP contribution in [0, 0.1) is 0 Å². The molecular weight excluding hydrogens is 233 g/mol. The predicted molar refractivity (Wildman–Crippen MR) is 57.3 cm³/mol. The number of nitrogens with zero attached hydrogens (tertiary/aromatic N) is 2. The molecule has 0 radical (unpaired) electrons. The van der Waals surface area contributed by atoms with Gasteiger partial charge in [-0.3, -0.25) is 0 Å². The van der Waals surface area contributed by atoms with Gasteiger partial charge in [-0.15, -0.1) is 0 Å². The second kappa shape index (κ2) is 4.38. The van der Waals surface area contributed by atoms with Crippen molar-refractivity contribution in [1.29, 1.82) is 0 Å². The van der Waals surface area contributed by atoms with Crippen LogP contribution in [0.4, 0.5) is 24.8 Å². The van der Waals surface area contributed by atoms with Crippen molar-refractivity contribution < 1.29 is 13.2 Å². The highest BCUT2D eigenvalue weighted by atomic mass is 19.4. The summed E-state index contributed by atoms with van der Waals surface area (Å²) in [6.07, 6.45) is -0.493. The van der Waals surface area contributed by atoms with Crippen LogP contribution in [-0.4, -0.2) is 16.0 Å². The zero-order chi connectivity index (χ0) is 12.5. The Morgan fingerprint density at radius 3 is 2.47 bits per heavy atom. The number of rotatable bonds is 2. The summed E-state index contributed by atoms with van der Waals surface area (Å²) in [5, 5.41) is 2.96. The lowest BCUT2D eigenvalue weighted by Crippen LogP contribution is -2.19. The average Bonchev–Trinajstić information content (AvgIpc) is 2.68. The first-order valence-corrected chi connectivity index (χ1v) is 5.43. The van der Waals surface area contributed by atoms with Gasteiger partial charge in [0.15, 0.2) is 0 Å². The maximum atomic E-state index is 12.5. The zero-order valence-corrected chi connectivity index (χ0v) is 9.09. The largest absolute Gasteiger partial charge is 0.451 e. The second-order valence-corrected chi connectivity index (χ2v) is 4.13. The van der Waals surface area contributed by atoms with Gasteiger partial charge < -0.3 is 11.1 Å². The molecule has 0 amide bonds. The molecule has 0 bridgehead atoms. The molecule has 0 saturated heterocycles. The van der Waals surface area contributed by atoms with Crippen molar-refractivity contribution >= 4 is 11.6 Å². The number of aromatic nitrogens is 2.